The zero-order valence-corrected chi connectivity index (χ0v) is 25.0. The monoisotopic (exact) mass is 660 g/mol. The Labute approximate surface area is 257 Å². The van der Waals surface area contributed by atoms with Crippen LogP contribution in [-0.2, 0) is 36.7 Å². The van der Waals surface area contributed by atoms with Gasteiger partial charge in [0.25, 0.3) is 5.91 Å². The normalized spacial score (nSPS) is 20.4. The summed E-state index contributed by atoms with van der Waals surface area (Å²) in [6.07, 6.45) is -6.38. The van der Waals surface area contributed by atoms with E-state index in [2.05, 4.69) is 9.71 Å². The van der Waals surface area contributed by atoms with Crippen molar-refractivity contribution >= 4 is 35.0 Å². The third-order valence-corrected chi connectivity index (χ3v) is 8.54. The quantitative estimate of drug-likeness (QED) is 0.232. The van der Waals surface area contributed by atoms with E-state index in [9.17, 15) is 36.9 Å². The summed E-state index contributed by atoms with van der Waals surface area (Å²) in [4.78, 5) is 56.0. The minimum absolute atomic E-state index is 0.196. The molecule has 4 unspecified atom stereocenters. The van der Waals surface area contributed by atoms with Gasteiger partial charge in [-0.1, -0.05) is 0 Å². The van der Waals surface area contributed by atoms with Crippen molar-refractivity contribution < 1.29 is 55.2 Å². The summed E-state index contributed by atoms with van der Waals surface area (Å²) in [6, 6.07) is 0.551. The fraction of sp³-hybridized carbons (Fsp3) is 0.464. The number of ether oxygens (including phenoxy) is 2. The minimum Gasteiger partial charge on any atom is -0.598 e. The highest BCUT2D eigenvalue weighted by Gasteiger charge is 2.51. The number of aromatic nitrogens is 1. The molecule has 4 rings (SSSR count). The van der Waals surface area contributed by atoms with Crippen LogP contribution in [0.25, 0.3) is 0 Å². The van der Waals surface area contributed by atoms with Gasteiger partial charge in [0.15, 0.2) is 17.9 Å². The largest absolute Gasteiger partial charge is 0.598 e. The number of barbiturate groups is 1. The molecule has 45 heavy (non-hydrogen) atoms. The van der Waals surface area contributed by atoms with Crippen LogP contribution < -0.4 is 14.8 Å². The van der Waals surface area contributed by atoms with Crippen molar-refractivity contribution in [3.05, 3.63) is 53.6 Å². The smallest absolute Gasteiger partial charge is 0.433 e. The van der Waals surface area contributed by atoms with E-state index in [1.165, 1.54) is 20.8 Å². The lowest BCUT2D eigenvalue weighted by molar-refractivity contribution is -0.151. The lowest BCUT2D eigenvalue weighted by atomic mass is 9.89. The molecule has 17 heteroatoms. The molecule has 2 aliphatic heterocycles. The van der Waals surface area contributed by atoms with Gasteiger partial charge in [0.1, 0.15) is 33.8 Å². The number of nitrogens with zero attached hydrogens (tertiary/aromatic N) is 2. The molecular weight excluding hydrogens is 631 g/mol. The van der Waals surface area contributed by atoms with Gasteiger partial charge in [-0.3, -0.25) is 24.6 Å². The fourth-order valence-corrected chi connectivity index (χ4v) is 5.42. The molecule has 2 aromatic rings. The lowest BCUT2D eigenvalue weighted by Gasteiger charge is -2.37. The van der Waals surface area contributed by atoms with Crippen LogP contribution in [0.5, 0.6) is 11.5 Å². The average Bonchev–Trinajstić information content (AvgIpc) is 2.96. The van der Waals surface area contributed by atoms with Gasteiger partial charge in [0, 0.05) is 36.2 Å². The molecule has 0 bridgehead atoms. The molecule has 0 radical (unpaired) electrons. The maximum Gasteiger partial charge on any atom is 0.433 e. The number of Topliss-reactive ketones (excluding diaryl/α,β-unsaturated/α-hetero) is 1. The Balaban J connectivity index is 1.66. The van der Waals surface area contributed by atoms with E-state index >= 15 is 8.78 Å². The Morgan fingerprint density at radius 1 is 1.13 bits per heavy atom. The van der Waals surface area contributed by atoms with E-state index in [-0.39, 0.29) is 37.6 Å². The standard InChI is InChI=1S/C28H29F5N4O7S/c1-27(2,3)45(42)36-22(17-12-15(4-6-18(17)29)44-16-5-7-19(34-13-16)28(31,32)33)21(30)23(38)20-24(39)35-26(41)37(25(20)40)14-8-10-43-11-9-14/h4-7,12-14,20-22,36H,8-11H2,1-3H3,(H,35,39,41). The van der Waals surface area contributed by atoms with E-state index in [4.69, 9.17) is 9.47 Å². The van der Waals surface area contributed by atoms with Crippen LogP contribution in [0.4, 0.5) is 26.7 Å². The van der Waals surface area contributed by atoms with Crippen LogP contribution in [-0.4, -0.2) is 68.2 Å². The Morgan fingerprint density at radius 3 is 2.36 bits per heavy atom. The molecule has 244 valence electrons. The molecule has 2 N–H and O–H groups in total. The summed E-state index contributed by atoms with van der Waals surface area (Å²) in [5.41, 5.74) is -1.80. The number of alkyl halides is 4. The zero-order valence-electron chi connectivity index (χ0n) is 24.2. The Hall–Kier alpha value is -3.67. The van der Waals surface area contributed by atoms with Gasteiger partial charge < -0.3 is 14.0 Å². The van der Waals surface area contributed by atoms with Crippen molar-refractivity contribution in [1.82, 2.24) is 19.9 Å². The van der Waals surface area contributed by atoms with Crippen molar-refractivity contribution in [3.8, 4) is 11.5 Å². The number of amides is 4. The number of carbonyl (C=O) groups is 4. The first-order valence-corrected chi connectivity index (χ1v) is 14.8. The summed E-state index contributed by atoms with van der Waals surface area (Å²) in [7, 11) is 0. The van der Waals surface area contributed by atoms with Crippen LogP contribution in [0, 0.1) is 11.7 Å². The van der Waals surface area contributed by atoms with E-state index in [0.717, 1.165) is 30.5 Å². The topological polar surface area (TPSA) is 150 Å². The number of rotatable bonds is 9. The first-order chi connectivity index (χ1) is 21.0. The summed E-state index contributed by atoms with van der Waals surface area (Å²) < 4.78 is 95.1. The Morgan fingerprint density at radius 2 is 1.78 bits per heavy atom. The third-order valence-electron chi connectivity index (χ3n) is 6.96. The predicted molar refractivity (Wildman–Crippen MR) is 147 cm³/mol. The number of ketones is 1. The molecule has 3 heterocycles. The minimum atomic E-state index is -4.71. The van der Waals surface area contributed by atoms with E-state index < -0.39 is 87.2 Å². The fourth-order valence-electron chi connectivity index (χ4n) is 4.59. The zero-order chi connectivity index (χ0) is 33.3. The van der Waals surface area contributed by atoms with Crippen LogP contribution >= 0.6 is 0 Å². The lowest BCUT2D eigenvalue weighted by Crippen LogP contribution is -2.64. The van der Waals surface area contributed by atoms with Gasteiger partial charge in [-0.25, -0.2) is 18.6 Å². The molecule has 2 saturated heterocycles. The molecule has 1 aromatic heterocycles. The molecule has 0 saturated carbocycles. The van der Waals surface area contributed by atoms with Crippen molar-refractivity contribution in [1.29, 1.82) is 0 Å². The second-order valence-electron chi connectivity index (χ2n) is 11.2. The van der Waals surface area contributed by atoms with Crippen molar-refractivity contribution in [2.24, 2.45) is 5.92 Å². The van der Waals surface area contributed by atoms with Crippen LogP contribution in [0.3, 0.4) is 0 Å². The van der Waals surface area contributed by atoms with Crippen molar-refractivity contribution in [3.63, 3.8) is 0 Å². The highest BCUT2D eigenvalue weighted by molar-refractivity contribution is 7.90. The summed E-state index contributed by atoms with van der Waals surface area (Å²) in [6.45, 7) is 4.91. The maximum absolute atomic E-state index is 16.3. The van der Waals surface area contributed by atoms with Gasteiger partial charge in [-0.15, -0.1) is 4.72 Å². The molecule has 0 aliphatic carbocycles. The number of hydrogen-bond donors (Lipinski definition) is 2. The van der Waals surface area contributed by atoms with Crippen LogP contribution in [0.15, 0.2) is 36.5 Å². The predicted octanol–water partition coefficient (Wildman–Crippen LogP) is 3.91. The highest BCUT2D eigenvalue weighted by atomic mass is 32.2. The number of hydrogen-bond acceptors (Lipinski definition) is 9. The number of benzene rings is 1. The SMILES string of the molecule is CC(C)(C)[S+]([O-])NC(c1cc(Oc2ccc(C(F)(F)F)nc2)ccc1F)C(F)C(=O)C1C(=O)NC(=O)N(C2CCOCC2)C1=O. The molecule has 11 nitrogen and oxygen atoms in total. The first-order valence-electron chi connectivity index (χ1n) is 13.6. The van der Waals surface area contributed by atoms with Crippen LogP contribution in [0.1, 0.15) is 50.9 Å². The van der Waals surface area contributed by atoms with Gasteiger partial charge in [-0.2, -0.15) is 13.2 Å². The number of carbonyl (C=O) groups excluding carboxylic acids is 4. The summed E-state index contributed by atoms with van der Waals surface area (Å²) in [5, 5.41) is 1.90. The average molecular weight is 661 g/mol. The molecule has 2 fully saturated rings. The molecule has 4 amide bonds. The molecular formula is C28H29F5N4O7S. The summed E-state index contributed by atoms with van der Waals surface area (Å²) >= 11 is -2.14. The van der Waals surface area contributed by atoms with Gasteiger partial charge in [0.2, 0.25) is 5.91 Å². The second-order valence-corrected chi connectivity index (χ2v) is 13.2. The first kappa shape index (κ1) is 34.2. The maximum atomic E-state index is 16.3. The van der Waals surface area contributed by atoms with E-state index in [0.29, 0.717) is 11.0 Å². The molecule has 4 atom stereocenters. The molecule has 0 spiro atoms. The highest BCUT2D eigenvalue weighted by Crippen LogP contribution is 2.34. The molecule has 2 aliphatic rings. The van der Waals surface area contributed by atoms with Gasteiger partial charge >= 0.3 is 12.2 Å². The second kappa shape index (κ2) is 13.4. The van der Waals surface area contributed by atoms with Crippen molar-refractivity contribution in [2.45, 2.75) is 62.8 Å². The summed E-state index contributed by atoms with van der Waals surface area (Å²) in [5.74, 6) is -8.08. The van der Waals surface area contributed by atoms with Gasteiger partial charge in [0.05, 0.1) is 6.20 Å². The molecule has 1 aromatic carbocycles. The number of pyridine rings is 1. The van der Waals surface area contributed by atoms with E-state index in [1.807, 2.05) is 5.32 Å². The Bertz CT molecular complexity index is 1450. The number of halogens is 5. The van der Waals surface area contributed by atoms with E-state index in [1.54, 1.807) is 0 Å². The third kappa shape index (κ3) is 7.77. The van der Waals surface area contributed by atoms with Crippen molar-refractivity contribution in [2.75, 3.05) is 13.2 Å². The Kier molecular flexibility index (Phi) is 10.2. The number of urea groups is 1. The number of imide groups is 2. The van der Waals surface area contributed by atoms with Crippen LogP contribution in [0.2, 0.25) is 0 Å². The number of nitrogens with one attached hydrogen (secondary N) is 2. The van der Waals surface area contributed by atoms with Gasteiger partial charge in [-0.05, 0) is 63.9 Å².